The number of hydrogen-bond donors (Lipinski definition) is 0. The molecule has 3 rings (SSSR count). The molecule has 0 N–H and O–H groups in total. The Balaban J connectivity index is 2.02. The van der Waals surface area contributed by atoms with E-state index in [-0.39, 0.29) is 23.8 Å². The highest BCUT2D eigenvalue weighted by molar-refractivity contribution is 5.81. The largest absolute Gasteiger partial charge is 0.573 e. The standard InChI is InChI=1S/C27H19F9O3/c1-2-24(37)38-9-3-4-16-5-7-17(8-6-16)18-10-19(14-23(13-18)39-27(34,35)36)20-11-21(25(28,29)30)15-22(12-20)26(31,32)33/h2,5-8,10-15H,1,3-4,9H2. The average Bonchev–Trinajstić information content (AvgIpc) is 2.84. The van der Waals surface area contributed by atoms with E-state index in [1.807, 2.05) is 0 Å². The maximum absolute atomic E-state index is 13.3. The van der Waals surface area contributed by atoms with Crippen molar-refractivity contribution in [3.63, 3.8) is 0 Å². The zero-order chi connectivity index (χ0) is 29.0. The molecule has 0 spiro atoms. The van der Waals surface area contributed by atoms with E-state index in [9.17, 15) is 44.3 Å². The third-order valence-electron chi connectivity index (χ3n) is 5.37. The molecule has 0 saturated heterocycles. The van der Waals surface area contributed by atoms with Gasteiger partial charge in [-0.2, -0.15) is 26.3 Å². The SMILES string of the molecule is C=CC(=O)OCCCc1ccc(-c2cc(OC(F)(F)F)cc(-c3cc(C(F)(F)F)cc(C(F)(F)F)c3)c2)cc1. The van der Waals surface area contributed by atoms with Gasteiger partial charge in [0, 0.05) is 6.08 Å². The maximum atomic E-state index is 13.3. The van der Waals surface area contributed by atoms with Crippen LogP contribution in [-0.2, 0) is 28.3 Å². The molecule has 208 valence electrons. The van der Waals surface area contributed by atoms with Crippen LogP contribution in [0.25, 0.3) is 22.3 Å². The van der Waals surface area contributed by atoms with Gasteiger partial charge in [0.25, 0.3) is 0 Å². The number of hydrogen-bond acceptors (Lipinski definition) is 3. The van der Waals surface area contributed by atoms with Crippen LogP contribution in [0.5, 0.6) is 5.75 Å². The van der Waals surface area contributed by atoms with Gasteiger partial charge >= 0.3 is 24.7 Å². The predicted octanol–water partition coefficient (Wildman–Crippen LogP) is 8.62. The van der Waals surface area contributed by atoms with Crippen LogP contribution in [0.1, 0.15) is 23.1 Å². The van der Waals surface area contributed by atoms with Crippen LogP contribution in [0.4, 0.5) is 39.5 Å². The fourth-order valence-electron chi connectivity index (χ4n) is 3.62. The van der Waals surface area contributed by atoms with Crippen molar-refractivity contribution in [2.75, 3.05) is 6.61 Å². The van der Waals surface area contributed by atoms with E-state index >= 15 is 0 Å². The lowest BCUT2D eigenvalue weighted by molar-refractivity contribution is -0.274. The van der Waals surface area contributed by atoms with Gasteiger partial charge in [0.1, 0.15) is 5.75 Å². The fraction of sp³-hybridized carbons (Fsp3) is 0.222. The lowest BCUT2D eigenvalue weighted by Crippen LogP contribution is -2.17. The Labute approximate surface area is 216 Å². The topological polar surface area (TPSA) is 35.5 Å². The highest BCUT2D eigenvalue weighted by atomic mass is 19.4. The van der Waals surface area contributed by atoms with Crippen molar-refractivity contribution >= 4 is 5.97 Å². The quantitative estimate of drug-likeness (QED) is 0.119. The minimum atomic E-state index is -5.17. The highest BCUT2D eigenvalue weighted by Gasteiger charge is 2.37. The van der Waals surface area contributed by atoms with Crippen molar-refractivity contribution in [1.29, 1.82) is 0 Å². The number of halogens is 9. The van der Waals surface area contributed by atoms with Gasteiger partial charge in [-0.3, -0.25) is 0 Å². The zero-order valence-electron chi connectivity index (χ0n) is 19.8. The molecule has 39 heavy (non-hydrogen) atoms. The van der Waals surface area contributed by atoms with E-state index in [2.05, 4.69) is 11.3 Å². The molecule has 0 heterocycles. The zero-order valence-corrected chi connectivity index (χ0v) is 19.8. The number of alkyl halides is 9. The third-order valence-corrected chi connectivity index (χ3v) is 5.37. The molecule has 0 bridgehead atoms. The summed E-state index contributed by atoms with van der Waals surface area (Å²) in [5.74, 6) is -1.40. The smallest absolute Gasteiger partial charge is 0.463 e. The van der Waals surface area contributed by atoms with Crippen LogP contribution in [0.3, 0.4) is 0 Å². The molecule has 0 atom stereocenters. The molecule has 3 nitrogen and oxygen atoms in total. The normalized spacial score (nSPS) is 12.2. The monoisotopic (exact) mass is 562 g/mol. The first kappa shape index (κ1) is 29.6. The number of carbonyl (C=O) groups excluding carboxylic acids is 1. The van der Waals surface area contributed by atoms with Gasteiger partial charge < -0.3 is 9.47 Å². The molecule has 0 radical (unpaired) electrons. The van der Waals surface area contributed by atoms with Gasteiger partial charge in [0.2, 0.25) is 0 Å². The lowest BCUT2D eigenvalue weighted by Gasteiger charge is -2.16. The predicted molar refractivity (Wildman–Crippen MR) is 123 cm³/mol. The number of esters is 1. The molecule has 0 saturated carbocycles. The summed E-state index contributed by atoms with van der Waals surface area (Å²) in [6.45, 7) is 3.40. The van der Waals surface area contributed by atoms with Gasteiger partial charge in [-0.1, -0.05) is 30.8 Å². The van der Waals surface area contributed by atoms with E-state index in [1.165, 1.54) is 18.2 Å². The molecular formula is C27H19F9O3. The summed E-state index contributed by atoms with van der Waals surface area (Å²) in [5.41, 5.74) is -3.01. The van der Waals surface area contributed by atoms with E-state index in [1.54, 1.807) is 12.1 Å². The number of aryl methyl sites for hydroxylation is 1. The molecule has 0 aliphatic rings. The third kappa shape index (κ3) is 8.52. The van der Waals surface area contributed by atoms with Crippen molar-refractivity contribution < 1.29 is 53.8 Å². The highest BCUT2D eigenvalue weighted by Crippen LogP contribution is 2.40. The summed E-state index contributed by atoms with van der Waals surface area (Å²) in [5, 5.41) is 0. The number of rotatable bonds is 8. The van der Waals surface area contributed by atoms with Crippen LogP contribution < -0.4 is 4.74 Å². The lowest BCUT2D eigenvalue weighted by atomic mass is 9.95. The number of carbonyl (C=O) groups is 1. The second kappa shape index (κ2) is 11.4. The molecule has 0 aliphatic carbocycles. The van der Waals surface area contributed by atoms with Crippen molar-refractivity contribution in [2.45, 2.75) is 31.6 Å². The molecule has 0 aromatic heterocycles. The van der Waals surface area contributed by atoms with Crippen LogP contribution in [0.2, 0.25) is 0 Å². The van der Waals surface area contributed by atoms with Crippen molar-refractivity contribution in [1.82, 2.24) is 0 Å². The van der Waals surface area contributed by atoms with E-state index in [0.717, 1.165) is 17.7 Å². The van der Waals surface area contributed by atoms with Crippen LogP contribution in [0, 0.1) is 0 Å². The van der Waals surface area contributed by atoms with Crippen molar-refractivity contribution in [2.24, 2.45) is 0 Å². The maximum Gasteiger partial charge on any atom is 0.573 e. The van der Waals surface area contributed by atoms with Gasteiger partial charge in [0.15, 0.2) is 0 Å². The number of benzene rings is 3. The molecule has 0 amide bonds. The Morgan fingerprint density at radius 3 is 1.72 bits per heavy atom. The molecule has 12 heteroatoms. The first-order chi connectivity index (χ1) is 18.0. The average molecular weight is 562 g/mol. The Morgan fingerprint density at radius 2 is 1.23 bits per heavy atom. The number of ether oxygens (including phenoxy) is 2. The Morgan fingerprint density at radius 1 is 0.718 bits per heavy atom. The molecule has 0 aliphatic heterocycles. The van der Waals surface area contributed by atoms with Gasteiger partial charge in [0.05, 0.1) is 17.7 Å². The molecule has 3 aromatic carbocycles. The van der Waals surface area contributed by atoms with Crippen LogP contribution in [0.15, 0.2) is 73.3 Å². The van der Waals surface area contributed by atoms with E-state index in [0.29, 0.717) is 36.6 Å². The second-order valence-electron chi connectivity index (χ2n) is 8.26. The second-order valence-corrected chi connectivity index (χ2v) is 8.26. The van der Waals surface area contributed by atoms with E-state index < -0.39 is 47.1 Å². The molecule has 3 aromatic rings. The Kier molecular flexibility index (Phi) is 8.67. The summed E-state index contributed by atoms with van der Waals surface area (Å²) in [6.07, 6.45) is -13.5. The summed E-state index contributed by atoms with van der Waals surface area (Å²) in [4.78, 5) is 11.1. The van der Waals surface area contributed by atoms with Gasteiger partial charge in [-0.15, -0.1) is 13.2 Å². The Hall–Kier alpha value is -3.96. The molecule has 0 fully saturated rings. The first-order valence-corrected chi connectivity index (χ1v) is 11.1. The first-order valence-electron chi connectivity index (χ1n) is 11.1. The van der Waals surface area contributed by atoms with Crippen LogP contribution >= 0.6 is 0 Å². The van der Waals surface area contributed by atoms with Gasteiger partial charge in [-0.05, 0) is 77.1 Å². The van der Waals surface area contributed by atoms with Gasteiger partial charge in [-0.25, -0.2) is 4.79 Å². The fourth-order valence-corrected chi connectivity index (χ4v) is 3.62. The molecular weight excluding hydrogens is 543 g/mol. The minimum Gasteiger partial charge on any atom is -0.463 e. The Bertz CT molecular complexity index is 1290. The van der Waals surface area contributed by atoms with Crippen LogP contribution in [-0.4, -0.2) is 18.9 Å². The summed E-state index contributed by atoms with van der Waals surface area (Å²) in [7, 11) is 0. The summed E-state index contributed by atoms with van der Waals surface area (Å²) >= 11 is 0. The van der Waals surface area contributed by atoms with E-state index in [4.69, 9.17) is 4.74 Å². The molecule has 0 unspecified atom stereocenters. The summed E-state index contributed by atoms with van der Waals surface area (Å²) < 4.78 is 128. The summed E-state index contributed by atoms with van der Waals surface area (Å²) in [6, 6.07) is 9.94. The van der Waals surface area contributed by atoms with Crippen molar-refractivity contribution in [3.05, 3.63) is 90.0 Å². The van der Waals surface area contributed by atoms with Crippen molar-refractivity contribution in [3.8, 4) is 28.0 Å². The minimum absolute atomic E-state index is 0.0594.